The molecule has 0 spiro atoms. The number of carbonyl (C=O) groups excluding carboxylic acids is 1. The number of hydrogen-bond donors (Lipinski definition) is 0. The molecule has 2 aromatic carbocycles. The molecule has 1 aliphatic heterocycles. The van der Waals surface area contributed by atoms with Gasteiger partial charge in [-0.2, -0.15) is 0 Å². The molecule has 1 aromatic heterocycles. The lowest BCUT2D eigenvalue weighted by Crippen LogP contribution is -2.54. The van der Waals surface area contributed by atoms with Crippen LogP contribution in [0.2, 0.25) is 5.02 Å². The zero-order valence-electron chi connectivity index (χ0n) is 17.4. The van der Waals surface area contributed by atoms with Crippen molar-refractivity contribution in [3.05, 3.63) is 77.6 Å². The molecule has 2 heterocycles. The summed E-state index contributed by atoms with van der Waals surface area (Å²) in [5.74, 6) is 1.96. The summed E-state index contributed by atoms with van der Waals surface area (Å²) in [5.41, 5.74) is 1.19. The van der Waals surface area contributed by atoms with Gasteiger partial charge in [0.2, 0.25) is 11.8 Å². The van der Waals surface area contributed by atoms with Crippen molar-refractivity contribution in [3.8, 4) is 11.6 Å². The SMILES string of the molecule is C[C@H]1CN(c2cc(Oc3ccccc3Cl)ncn2)CCN1C(=O)CCc1ccccc1. The zero-order valence-corrected chi connectivity index (χ0v) is 18.2. The number of aryl methyl sites for hydroxylation is 1. The van der Waals surface area contributed by atoms with Gasteiger partial charge in [0.25, 0.3) is 0 Å². The summed E-state index contributed by atoms with van der Waals surface area (Å²) in [5, 5.41) is 0.527. The van der Waals surface area contributed by atoms with Gasteiger partial charge in [0.15, 0.2) is 0 Å². The van der Waals surface area contributed by atoms with Gasteiger partial charge in [0, 0.05) is 38.2 Å². The second-order valence-corrected chi connectivity index (χ2v) is 8.02. The first-order chi connectivity index (χ1) is 15.1. The highest BCUT2D eigenvalue weighted by atomic mass is 35.5. The molecule has 1 aliphatic rings. The minimum Gasteiger partial charge on any atom is -0.437 e. The Bertz CT molecular complexity index is 1030. The first-order valence-corrected chi connectivity index (χ1v) is 10.8. The van der Waals surface area contributed by atoms with Crippen molar-refractivity contribution in [1.82, 2.24) is 14.9 Å². The van der Waals surface area contributed by atoms with Crippen molar-refractivity contribution in [2.75, 3.05) is 24.5 Å². The summed E-state index contributed by atoms with van der Waals surface area (Å²) in [6, 6.07) is 19.3. The lowest BCUT2D eigenvalue weighted by Gasteiger charge is -2.40. The average Bonchev–Trinajstić information content (AvgIpc) is 2.80. The van der Waals surface area contributed by atoms with E-state index in [1.807, 2.05) is 41.3 Å². The topological polar surface area (TPSA) is 58.6 Å². The Balaban J connectivity index is 1.36. The molecule has 0 N–H and O–H groups in total. The molecule has 1 saturated heterocycles. The number of piperazine rings is 1. The molecule has 0 bridgehead atoms. The van der Waals surface area contributed by atoms with Crippen molar-refractivity contribution in [2.24, 2.45) is 0 Å². The standard InChI is InChI=1S/C24H25ClN4O2/c1-18-16-28(13-14-29(18)24(30)12-11-19-7-3-2-4-8-19)22-15-23(27-17-26-22)31-21-10-6-5-9-20(21)25/h2-10,15,17-18H,11-14,16H2,1H3/t18-/m0/s1. The number of nitrogens with zero attached hydrogens (tertiary/aromatic N) is 4. The molecule has 160 valence electrons. The molecule has 31 heavy (non-hydrogen) atoms. The number of hydrogen-bond acceptors (Lipinski definition) is 5. The normalized spacial score (nSPS) is 16.3. The summed E-state index contributed by atoms with van der Waals surface area (Å²) < 4.78 is 5.83. The van der Waals surface area contributed by atoms with Crippen LogP contribution in [0.3, 0.4) is 0 Å². The minimum absolute atomic E-state index is 0.0972. The van der Waals surface area contributed by atoms with Crippen LogP contribution in [0.4, 0.5) is 5.82 Å². The summed E-state index contributed by atoms with van der Waals surface area (Å²) in [6.07, 6.45) is 2.78. The van der Waals surface area contributed by atoms with Crippen LogP contribution in [0.25, 0.3) is 0 Å². The van der Waals surface area contributed by atoms with Crippen molar-refractivity contribution < 1.29 is 9.53 Å². The van der Waals surface area contributed by atoms with Gasteiger partial charge in [-0.1, -0.05) is 54.1 Å². The van der Waals surface area contributed by atoms with Crippen LogP contribution < -0.4 is 9.64 Å². The Labute approximate surface area is 187 Å². The Morgan fingerprint density at radius 3 is 2.65 bits per heavy atom. The van der Waals surface area contributed by atoms with E-state index < -0.39 is 0 Å². The van der Waals surface area contributed by atoms with Gasteiger partial charge in [0.1, 0.15) is 17.9 Å². The molecule has 1 amide bonds. The third-order valence-electron chi connectivity index (χ3n) is 5.42. The van der Waals surface area contributed by atoms with Crippen LogP contribution >= 0.6 is 11.6 Å². The molecule has 1 fully saturated rings. The lowest BCUT2D eigenvalue weighted by atomic mass is 10.1. The summed E-state index contributed by atoms with van der Waals surface area (Å²) >= 11 is 6.18. The van der Waals surface area contributed by atoms with Crippen molar-refractivity contribution >= 4 is 23.3 Å². The Hall–Kier alpha value is -3.12. The van der Waals surface area contributed by atoms with E-state index >= 15 is 0 Å². The van der Waals surface area contributed by atoms with E-state index in [1.165, 1.54) is 11.9 Å². The number of ether oxygens (including phenoxy) is 1. The van der Waals surface area contributed by atoms with Crippen molar-refractivity contribution in [3.63, 3.8) is 0 Å². The van der Waals surface area contributed by atoms with Gasteiger partial charge in [-0.05, 0) is 31.0 Å². The van der Waals surface area contributed by atoms with E-state index in [-0.39, 0.29) is 11.9 Å². The number of anilines is 1. The van der Waals surface area contributed by atoms with Crippen LogP contribution in [0.1, 0.15) is 18.9 Å². The van der Waals surface area contributed by atoms with Crippen LogP contribution in [0, 0.1) is 0 Å². The first-order valence-electron chi connectivity index (χ1n) is 10.4. The van der Waals surface area contributed by atoms with Crippen molar-refractivity contribution in [2.45, 2.75) is 25.8 Å². The highest BCUT2D eigenvalue weighted by molar-refractivity contribution is 6.32. The highest BCUT2D eigenvalue weighted by Gasteiger charge is 2.28. The number of halogens is 1. The quantitative estimate of drug-likeness (QED) is 0.565. The Morgan fingerprint density at radius 1 is 1.10 bits per heavy atom. The predicted octanol–water partition coefficient (Wildman–Crippen LogP) is 4.59. The zero-order chi connectivity index (χ0) is 21.6. The fraction of sp³-hybridized carbons (Fsp3) is 0.292. The number of para-hydroxylation sites is 1. The van der Waals surface area contributed by atoms with Crippen molar-refractivity contribution in [1.29, 1.82) is 0 Å². The van der Waals surface area contributed by atoms with Gasteiger partial charge in [0.05, 0.1) is 5.02 Å². The van der Waals surface area contributed by atoms with Gasteiger partial charge in [-0.25, -0.2) is 9.97 Å². The third-order valence-corrected chi connectivity index (χ3v) is 5.73. The fourth-order valence-electron chi connectivity index (χ4n) is 3.77. The molecule has 0 radical (unpaired) electrons. The molecule has 7 heteroatoms. The smallest absolute Gasteiger partial charge is 0.224 e. The average molecular weight is 437 g/mol. The van der Waals surface area contributed by atoms with Crippen LogP contribution in [0.5, 0.6) is 11.6 Å². The largest absolute Gasteiger partial charge is 0.437 e. The van der Waals surface area contributed by atoms with Crippen LogP contribution in [-0.4, -0.2) is 46.5 Å². The maximum atomic E-state index is 12.8. The highest BCUT2D eigenvalue weighted by Crippen LogP contribution is 2.29. The number of rotatable bonds is 6. The van der Waals surface area contributed by atoms with E-state index in [0.29, 0.717) is 42.7 Å². The second-order valence-electron chi connectivity index (χ2n) is 7.61. The second kappa shape index (κ2) is 9.79. The molecular weight excluding hydrogens is 412 g/mol. The summed E-state index contributed by atoms with van der Waals surface area (Å²) in [6.45, 7) is 4.16. The Kier molecular flexibility index (Phi) is 6.67. The lowest BCUT2D eigenvalue weighted by molar-refractivity contribution is -0.133. The van der Waals surface area contributed by atoms with Crippen LogP contribution in [0.15, 0.2) is 67.0 Å². The summed E-state index contributed by atoms with van der Waals surface area (Å²) in [4.78, 5) is 25.5. The monoisotopic (exact) mass is 436 g/mol. The third kappa shape index (κ3) is 5.33. The Morgan fingerprint density at radius 2 is 1.87 bits per heavy atom. The van der Waals surface area contributed by atoms with E-state index in [9.17, 15) is 4.79 Å². The van der Waals surface area contributed by atoms with E-state index in [2.05, 4.69) is 33.9 Å². The molecule has 4 rings (SSSR count). The molecule has 0 saturated carbocycles. The van der Waals surface area contributed by atoms with Gasteiger partial charge in [-0.15, -0.1) is 0 Å². The molecule has 1 atom stereocenters. The van der Waals surface area contributed by atoms with E-state index in [0.717, 1.165) is 12.2 Å². The van der Waals surface area contributed by atoms with Gasteiger partial charge >= 0.3 is 0 Å². The predicted molar refractivity (Wildman–Crippen MR) is 122 cm³/mol. The maximum absolute atomic E-state index is 12.8. The molecule has 6 nitrogen and oxygen atoms in total. The number of amides is 1. The number of benzene rings is 2. The molecular formula is C24H25ClN4O2. The first kappa shape index (κ1) is 21.1. The molecule has 0 unspecified atom stereocenters. The van der Waals surface area contributed by atoms with Gasteiger partial charge in [-0.3, -0.25) is 4.79 Å². The van der Waals surface area contributed by atoms with E-state index in [4.69, 9.17) is 16.3 Å². The number of aromatic nitrogens is 2. The molecule has 3 aromatic rings. The summed E-state index contributed by atoms with van der Waals surface area (Å²) in [7, 11) is 0. The van der Waals surface area contributed by atoms with E-state index in [1.54, 1.807) is 12.1 Å². The fourth-order valence-corrected chi connectivity index (χ4v) is 3.95. The van der Waals surface area contributed by atoms with Crippen LogP contribution in [-0.2, 0) is 11.2 Å². The maximum Gasteiger partial charge on any atom is 0.224 e. The minimum atomic E-state index is 0.0972. The molecule has 0 aliphatic carbocycles. The van der Waals surface area contributed by atoms with Gasteiger partial charge < -0.3 is 14.5 Å². The number of carbonyl (C=O) groups is 1.